The second-order valence-electron chi connectivity index (χ2n) is 6.91. The van der Waals surface area contributed by atoms with Crippen LogP contribution >= 0.6 is 0 Å². The molecular weight excluding hydrogens is 246 g/mol. The van der Waals surface area contributed by atoms with Crippen molar-refractivity contribution in [2.75, 3.05) is 6.54 Å². The molecule has 2 rings (SSSR count). The molecule has 20 heavy (non-hydrogen) atoms. The normalized spacial score (nSPS) is 18.1. The van der Waals surface area contributed by atoms with E-state index >= 15 is 0 Å². The molecule has 2 atom stereocenters. The SMILES string of the molecule is CCC(C)CC(C)n1c(CC(C)C)nc2c1CCNC2. The maximum Gasteiger partial charge on any atom is 0.109 e. The van der Waals surface area contributed by atoms with Crippen molar-refractivity contribution in [1.82, 2.24) is 14.9 Å². The highest BCUT2D eigenvalue weighted by Gasteiger charge is 2.23. The first-order valence-electron chi connectivity index (χ1n) is 8.32. The van der Waals surface area contributed by atoms with Crippen LogP contribution in [0.25, 0.3) is 0 Å². The molecule has 2 heterocycles. The van der Waals surface area contributed by atoms with Crippen molar-refractivity contribution in [3.8, 4) is 0 Å². The monoisotopic (exact) mass is 277 g/mol. The molecule has 1 N–H and O–H groups in total. The van der Waals surface area contributed by atoms with Gasteiger partial charge >= 0.3 is 0 Å². The fraction of sp³-hybridized carbons (Fsp3) is 0.824. The number of hydrogen-bond donors (Lipinski definition) is 1. The molecule has 0 bridgehead atoms. The number of aromatic nitrogens is 2. The van der Waals surface area contributed by atoms with Crippen LogP contribution in [0.2, 0.25) is 0 Å². The van der Waals surface area contributed by atoms with E-state index in [1.54, 1.807) is 0 Å². The van der Waals surface area contributed by atoms with Gasteiger partial charge in [-0.1, -0.05) is 34.1 Å². The van der Waals surface area contributed by atoms with E-state index < -0.39 is 0 Å². The molecule has 3 nitrogen and oxygen atoms in total. The molecule has 0 aromatic carbocycles. The maximum absolute atomic E-state index is 4.95. The van der Waals surface area contributed by atoms with Crippen LogP contribution in [0.15, 0.2) is 0 Å². The topological polar surface area (TPSA) is 29.9 Å². The van der Waals surface area contributed by atoms with Crippen LogP contribution in [0.4, 0.5) is 0 Å². The lowest BCUT2D eigenvalue weighted by atomic mass is 9.99. The van der Waals surface area contributed by atoms with Gasteiger partial charge in [0.15, 0.2) is 0 Å². The van der Waals surface area contributed by atoms with E-state index in [-0.39, 0.29) is 0 Å². The number of nitrogens with zero attached hydrogens (tertiary/aromatic N) is 2. The standard InChI is InChI=1S/C17H31N3/c1-6-13(4)10-14(5)20-16-7-8-18-11-15(16)19-17(20)9-12(2)3/h12-14,18H,6-11H2,1-5H3. The predicted octanol–water partition coefficient (Wildman–Crippen LogP) is 3.72. The zero-order chi connectivity index (χ0) is 14.7. The lowest BCUT2D eigenvalue weighted by Crippen LogP contribution is -2.26. The van der Waals surface area contributed by atoms with Gasteiger partial charge in [-0.25, -0.2) is 4.98 Å². The number of fused-ring (bicyclic) bond motifs is 1. The molecular formula is C17H31N3. The Hall–Kier alpha value is -0.830. The second kappa shape index (κ2) is 6.75. The average molecular weight is 277 g/mol. The Kier molecular flexibility index (Phi) is 5.25. The average Bonchev–Trinajstić information content (AvgIpc) is 2.75. The Labute approximate surface area is 124 Å². The van der Waals surface area contributed by atoms with Crippen LogP contribution in [0.3, 0.4) is 0 Å². The van der Waals surface area contributed by atoms with E-state index in [2.05, 4.69) is 44.5 Å². The summed E-state index contributed by atoms with van der Waals surface area (Å²) in [6.07, 6.45) is 4.75. The van der Waals surface area contributed by atoms with Crippen molar-refractivity contribution in [3.05, 3.63) is 17.2 Å². The van der Waals surface area contributed by atoms with Crippen molar-refractivity contribution in [3.63, 3.8) is 0 Å². The maximum atomic E-state index is 4.95. The molecule has 0 radical (unpaired) electrons. The van der Waals surface area contributed by atoms with Gasteiger partial charge in [0.05, 0.1) is 5.69 Å². The van der Waals surface area contributed by atoms with Gasteiger partial charge in [0.2, 0.25) is 0 Å². The van der Waals surface area contributed by atoms with Gasteiger partial charge in [0.1, 0.15) is 5.82 Å². The van der Waals surface area contributed by atoms with Crippen LogP contribution in [0.5, 0.6) is 0 Å². The summed E-state index contributed by atoms with van der Waals surface area (Å²) in [7, 11) is 0. The first-order valence-corrected chi connectivity index (χ1v) is 8.32. The second-order valence-corrected chi connectivity index (χ2v) is 6.91. The fourth-order valence-corrected chi connectivity index (χ4v) is 3.27. The van der Waals surface area contributed by atoms with Gasteiger partial charge in [-0.2, -0.15) is 0 Å². The summed E-state index contributed by atoms with van der Waals surface area (Å²) in [5.74, 6) is 2.77. The number of imidazole rings is 1. The molecule has 1 aromatic rings. The van der Waals surface area contributed by atoms with Crippen LogP contribution < -0.4 is 5.32 Å². The third-order valence-corrected chi connectivity index (χ3v) is 4.47. The summed E-state index contributed by atoms with van der Waals surface area (Å²) in [6.45, 7) is 13.6. The quantitative estimate of drug-likeness (QED) is 0.858. The number of rotatable bonds is 6. The highest BCUT2D eigenvalue weighted by Crippen LogP contribution is 2.27. The summed E-state index contributed by atoms with van der Waals surface area (Å²) < 4.78 is 2.57. The van der Waals surface area contributed by atoms with E-state index in [1.807, 2.05) is 0 Å². The van der Waals surface area contributed by atoms with E-state index in [0.717, 1.165) is 31.8 Å². The summed E-state index contributed by atoms with van der Waals surface area (Å²) in [5, 5.41) is 3.45. The fourth-order valence-electron chi connectivity index (χ4n) is 3.27. The third kappa shape index (κ3) is 3.43. The summed E-state index contributed by atoms with van der Waals surface area (Å²) in [5.41, 5.74) is 2.79. The van der Waals surface area contributed by atoms with Crippen molar-refractivity contribution in [1.29, 1.82) is 0 Å². The summed E-state index contributed by atoms with van der Waals surface area (Å²) in [6, 6.07) is 0.577. The third-order valence-electron chi connectivity index (χ3n) is 4.47. The number of hydrogen-bond acceptors (Lipinski definition) is 2. The van der Waals surface area contributed by atoms with Crippen LogP contribution in [0.1, 0.15) is 70.7 Å². The van der Waals surface area contributed by atoms with Crippen molar-refractivity contribution in [2.24, 2.45) is 11.8 Å². The largest absolute Gasteiger partial charge is 0.329 e. The van der Waals surface area contributed by atoms with E-state index in [1.165, 1.54) is 30.1 Å². The van der Waals surface area contributed by atoms with Gasteiger partial charge in [-0.15, -0.1) is 0 Å². The first kappa shape index (κ1) is 15.6. The molecule has 0 aliphatic carbocycles. The van der Waals surface area contributed by atoms with Gasteiger partial charge in [-0.3, -0.25) is 0 Å². The van der Waals surface area contributed by atoms with E-state index in [9.17, 15) is 0 Å². The first-order chi connectivity index (χ1) is 9.52. The predicted molar refractivity (Wildman–Crippen MR) is 85.0 cm³/mol. The molecule has 3 heteroatoms. The molecule has 1 aliphatic heterocycles. The molecule has 1 aliphatic rings. The molecule has 0 amide bonds. The minimum absolute atomic E-state index is 0.577. The number of nitrogens with one attached hydrogen (secondary N) is 1. The lowest BCUT2D eigenvalue weighted by molar-refractivity contribution is 0.377. The molecule has 0 spiro atoms. The molecule has 0 saturated heterocycles. The van der Waals surface area contributed by atoms with Crippen LogP contribution in [-0.4, -0.2) is 16.1 Å². The summed E-state index contributed by atoms with van der Waals surface area (Å²) in [4.78, 5) is 4.95. The molecule has 2 unspecified atom stereocenters. The Bertz CT molecular complexity index is 434. The van der Waals surface area contributed by atoms with Crippen molar-refractivity contribution >= 4 is 0 Å². The van der Waals surface area contributed by atoms with Crippen molar-refractivity contribution in [2.45, 2.75) is 72.9 Å². The zero-order valence-electron chi connectivity index (χ0n) is 13.9. The Balaban J connectivity index is 2.29. The van der Waals surface area contributed by atoms with Crippen LogP contribution in [0, 0.1) is 11.8 Å². The van der Waals surface area contributed by atoms with Gasteiger partial charge in [0.25, 0.3) is 0 Å². The lowest BCUT2D eigenvalue weighted by Gasteiger charge is -2.24. The summed E-state index contributed by atoms with van der Waals surface area (Å²) >= 11 is 0. The van der Waals surface area contributed by atoms with Gasteiger partial charge in [0, 0.05) is 37.7 Å². The Morgan fingerprint density at radius 1 is 1.25 bits per heavy atom. The smallest absolute Gasteiger partial charge is 0.109 e. The highest BCUT2D eigenvalue weighted by molar-refractivity contribution is 5.21. The molecule has 0 fully saturated rings. The van der Waals surface area contributed by atoms with Gasteiger partial charge < -0.3 is 9.88 Å². The van der Waals surface area contributed by atoms with Crippen molar-refractivity contribution < 1.29 is 0 Å². The molecule has 114 valence electrons. The minimum Gasteiger partial charge on any atom is -0.329 e. The minimum atomic E-state index is 0.577. The highest BCUT2D eigenvalue weighted by atomic mass is 15.1. The molecule has 1 aromatic heterocycles. The molecule has 0 saturated carbocycles. The zero-order valence-corrected chi connectivity index (χ0v) is 13.9. The Morgan fingerprint density at radius 3 is 2.65 bits per heavy atom. The Morgan fingerprint density at radius 2 is 2.00 bits per heavy atom. The van der Waals surface area contributed by atoms with Crippen LogP contribution in [-0.2, 0) is 19.4 Å². The van der Waals surface area contributed by atoms with Gasteiger partial charge in [-0.05, 0) is 25.2 Å². The van der Waals surface area contributed by atoms with E-state index in [4.69, 9.17) is 4.98 Å². The van der Waals surface area contributed by atoms with E-state index in [0.29, 0.717) is 12.0 Å².